The number of alkyl halides is 7. The van der Waals surface area contributed by atoms with Gasteiger partial charge < -0.3 is 5.11 Å². The maximum Gasteiger partial charge on any atom is 0.431 e. The fourth-order valence-electron chi connectivity index (χ4n) is 2.24. The van der Waals surface area contributed by atoms with E-state index in [0.717, 1.165) is 0 Å². The van der Waals surface area contributed by atoms with Crippen LogP contribution in [-0.4, -0.2) is 64.8 Å². The van der Waals surface area contributed by atoms with Gasteiger partial charge in [0.15, 0.2) is 0 Å². The fourth-order valence-corrected chi connectivity index (χ4v) is 3.71. The van der Waals surface area contributed by atoms with E-state index in [2.05, 4.69) is 4.72 Å². The number of hydrogen-bond donors (Lipinski definition) is 4. The molecule has 0 aliphatic carbocycles. The van der Waals surface area contributed by atoms with Crippen LogP contribution in [0.15, 0.2) is 0 Å². The van der Waals surface area contributed by atoms with E-state index in [9.17, 15) is 48.5 Å². The number of sulfonamides is 1. The van der Waals surface area contributed by atoms with Crippen molar-refractivity contribution in [1.82, 2.24) is 9.44 Å². The SMILES string of the molecule is C[C@@](O)(CCCNS(=O)O)CCCNS(=O)(=O)CCC(F)(C(F)(F)F)C(F)(F)F. The van der Waals surface area contributed by atoms with Gasteiger partial charge in [-0.15, -0.1) is 0 Å². The molecule has 0 radical (unpaired) electrons. The van der Waals surface area contributed by atoms with Crippen LogP contribution >= 0.6 is 0 Å². The first-order valence-electron chi connectivity index (χ1n) is 8.19. The Kier molecular flexibility index (Phi) is 10.5. The topological polar surface area (TPSA) is 116 Å². The average Bonchev–Trinajstić information content (AvgIpc) is 2.51. The first-order valence-corrected chi connectivity index (χ1v) is 11.0. The van der Waals surface area contributed by atoms with Crippen LogP contribution in [0, 0.1) is 0 Å². The summed E-state index contributed by atoms with van der Waals surface area (Å²) in [6.45, 7) is 1.13. The summed E-state index contributed by atoms with van der Waals surface area (Å²) in [5.41, 5.74) is -6.94. The Morgan fingerprint density at radius 1 is 0.897 bits per heavy atom. The number of nitrogens with one attached hydrogen (secondary N) is 2. The molecule has 16 heteroatoms. The largest absolute Gasteiger partial charge is 0.431 e. The normalized spacial score (nSPS) is 17.2. The van der Waals surface area contributed by atoms with Crippen molar-refractivity contribution in [2.45, 2.75) is 62.7 Å². The molecule has 0 saturated heterocycles. The standard InChI is InChI=1S/C13H23F7N2O5S2/c1-10(23,4-2-7-21-28(24)25)5-3-8-22-29(26,27)9-6-11(14,12(15,16)17)13(18,19)20/h21-23H,2-9H2,1H3,(H,24,25)/t10-/m1/s1. The highest BCUT2D eigenvalue weighted by molar-refractivity contribution is 7.89. The van der Waals surface area contributed by atoms with Gasteiger partial charge >= 0.3 is 12.4 Å². The van der Waals surface area contributed by atoms with E-state index < -0.39 is 63.6 Å². The van der Waals surface area contributed by atoms with Gasteiger partial charge in [0.05, 0.1) is 11.4 Å². The van der Waals surface area contributed by atoms with Gasteiger partial charge in [-0.2, -0.15) is 26.3 Å². The quantitative estimate of drug-likeness (QED) is 0.182. The summed E-state index contributed by atoms with van der Waals surface area (Å²) in [5.74, 6) is -1.73. The molecule has 0 heterocycles. The predicted octanol–water partition coefficient (Wildman–Crippen LogP) is 2.17. The van der Waals surface area contributed by atoms with Crippen molar-refractivity contribution >= 4 is 21.3 Å². The molecule has 0 fully saturated rings. The lowest BCUT2D eigenvalue weighted by Crippen LogP contribution is -2.54. The summed E-state index contributed by atoms with van der Waals surface area (Å²) < 4.78 is 134. The highest BCUT2D eigenvalue weighted by Crippen LogP contribution is 2.48. The van der Waals surface area contributed by atoms with E-state index in [1.165, 1.54) is 6.92 Å². The van der Waals surface area contributed by atoms with Gasteiger partial charge in [0.25, 0.3) is 5.67 Å². The molecule has 0 aromatic rings. The third kappa shape index (κ3) is 10.3. The maximum absolute atomic E-state index is 13.5. The summed E-state index contributed by atoms with van der Waals surface area (Å²) in [4.78, 5) is 0. The molecule has 7 nitrogen and oxygen atoms in total. The van der Waals surface area contributed by atoms with E-state index in [0.29, 0.717) is 6.42 Å². The Morgan fingerprint density at radius 2 is 1.34 bits per heavy atom. The first kappa shape index (κ1) is 28.5. The highest BCUT2D eigenvalue weighted by Gasteiger charge is 2.72. The van der Waals surface area contributed by atoms with Crippen molar-refractivity contribution < 1.29 is 53.0 Å². The van der Waals surface area contributed by atoms with Crippen molar-refractivity contribution in [2.75, 3.05) is 18.8 Å². The van der Waals surface area contributed by atoms with Crippen LogP contribution in [0.2, 0.25) is 0 Å². The van der Waals surface area contributed by atoms with Crippen molar-refractivity contribution in [2.24, 2.45) is 0 Å². The molecule has 1 unspecified atom stereocenters. The maximum atomic E-state index is 13.5. The first-order chi connectivity index (χ1) is 12.8. The second-order valence-corrected chi connectivity index (χ2v) is 9.32. The van der Waals surface area contributed by atoms with Crippen LogP contribution in [0.4, 0.5) is 30.7 Å². The molecule has 29 heavy (non-hydrogen) atoms. The Bertz CT molecular complexity index is 624. The molecule has 0 aromatic heterocycles. The zero-order valence-corrected chi connectivity index (χ0v) is 16.9. The lowest BCUT2D eigenvalue weighted by Gasteiger charge is -2.29. The monoisotopic (exact) mass is 484 g/mol. The van der Waals surface area contributed by atoms with Gasteiger partial charge in [0.1, 0.15) is 0 Å². The summed E-state index contributed by atoms with van der Waals surface area (Å²) in [6.07, 6.45) is -14.5. The Morgan fingerprint density at radius 3 is 1.76 bits per heavy atom. The van der Waals surface area contributed by atoms with Crippen LogP contribution in [0.1, 0.15) is 39.0 Å². The molecular formula is C13H23F7N2O5S2. The van der Waals surface area contributed by atoms with Crippen LogP contribution < -0.4 is 9.44 Å². The molecule has 0 amide bonds. The summed E-state index contributed by atoms with van der Waals surface area (Å²) in [5, 5.41) is 10.1. The minimum atomic E-state index is -6.32. The summed E-state index contributed by atoms with van der Waals surface area (Å²) >= 11 is -2.21. The van der Waals surface area contributed by atoms with E-state index in [4.69, 9.17) is 4.55 Å². The number of hydrogen-bond acceptors (Lipinski definition) is 4. The van der Waals surface area contributed by atoms with Crippen molar-refractivity contribution in [3.63, 3.8) is 0 Å². The molecule has 4 N–H and O–H groups in total. The number of rotatable bonds is 13. The molecule has 0 saturated carbocycles. The molecule has 176 valence electrons. The second kappa shape index (κ2) is 10.7. The molecular weight excluding hydrogens is 461 g/mol. The fraction of sp³-hybridized carbons (Fsp3) is 1.00. The van der Waals surface area contributed by atoms with Gasteiger partial charge in [0, 0.05) is 19.5 Å². The summed E-state index contributed by atoms with van der Waals surface area (Å²) in [7, 11) is -4.63. The van der Waals surface area contributed by atoms with Gasteiger partial charge in [-0.3, -0.25) is 4.55 Å². The molecule has 0 rings (SSSR count). The molecule has 0 aliphatic heterocycles. The third-order valence-electron chi connectivity index (χ3n) is 3.95. The van der Waals surface area contributed by atoms with E-state index >= 15 is 0 Å². The van der Waals surface area contributed by atoms with Crippen LogP contribution in [0.3, 0.4) is 0 Å². The molecule has 0 aromatic carbocycles. The molecule has 0 spiro atoms. The van der Waals surface area contributed by atoms with Gasteiger partial charge in [-0.1, -0.05) is 0 Å². The van der Waals surface area contributed by atoms with E-state index in [-0.39, 0.29) is 25.8 Å². The zero-order chi connectivity index (χ0) is 23.1. The van der Waals surface area contributed by atoms with Gasteiger partial charge in [0.2, 0.25) is 21.3 Å². The van der Waals surface area contributed by atoms with Crippen molar-refractivity contribution in [1.29, 1.82) is 0 Å². The van der Waals surface area contributed by atoms with Crippen molar-refractivity contribution in [3.8, 4) is 0 Å². The Hall–Kier alpha value is -0.550. The van der Waals surface area contributed by atoms with E-state index in [1.54, 1.807) is 4.72 Å². The molecule has 0 aliphatic rings. The second-order valence-electron chi connectivity index (χ2n) is 6.61. The Labute approximate surface area is 165 Å². The number of aliphatic hydroxyl groups is 1. The van der Waals surface area contributed by atoms with Gasteiger partial charge in [-0.25, -0.2) is 26.5 Å². The third-order valence-corrected chi connectivity index (χ3v) is 5.78. The average molecular weight is 484 g/mol. The minimum Gasteiger partial charge on any atom is -0.390 e. The lowest BCUT2D eigenvalue weighted by molar-refractivity contribution is -0.341. The smallest absolute Gasteiger partial charge is 0.390 e. The number of halogens is 7. The van der Waals surface area contributed by atoms with Crippen LogP contribution in [0.25, 0.3) is 0 Å². The summed E-state index contributed by atoms with van der Waals surface area (Å²) in [6, 6.07) is 0. The molecule has 2 atom stereocenters. The molecule has 0 bridgehead atoms. The van der Waals surface area contributed by atoms with Gasteiger partial charge in [-0.05, 0) is 32.6 Å². The highest BCUT2D eigenvalue weighted by atomic mass is 32.2. The van der Waals surface area contributed by atoms with Crippen LogP contribution in [0.5, 0.6) is 0 Å². The van der Waals surface area contributed by atoms with E-state index in [1.807, 2.05) is 0 Å². The lowest BCUT2D eigenvalue weighted by atomic mass is 9.94. The van der Waals surface area contributed by atoms with Crippen molar-refractivity contribution in [3.05, 3.63) is 0 Å². The predicted molar refractivity (Wildman–Crippen MR) is 90.2 cm³/mol. The van der Waals surface area contributed by atoms with Crippen LogP contribution in [-0.2, 0) is 21.3 Å². The Balaban J connectivity index is 4.51. The zero-order valence-electron chi connectivity index (χ0n) is 15.2. The minimum absolute atomic E-state index is 0.00903.